The number of amidine groups is 1. The molecule has 90 valence electrons. The van der Waals surface area contributed by atoms with E-state index < -0.39 is 0 Å². The smallest absolute Gasteiger partial charge is 0.0963 e. The largest absolute Gasteiger partial charge is 0.387 e. The van der Waals surface area contributed by atoms with E-state index in [2.05, 4.69) is 13.8 Å². The number of ether oxygens (including phenoxy) is 1. The molecule has 0 saturated heterocycles. The van der Waals surface area contributed by atoms with Gasteiger partial charge in [-0.2, -0.15) is 0 Å². The molecule has 3 heteroatoms. The minimum atomic E-state index is -0.179. The van der Waals surface area contributed by atoms with Crippen molar-refractivity contribution in [3.63, 3.8) is 0 Å². The number of hydrogen-bond acceptors (Lipinski definition) is 2. The van der Waals surface area contributed by atoms with Gasteiger partial charge in [0.1, 0.15) is 0 Å². The van der Waals surface area contributed by atoms with Gasteiger partial charge in [-0.3, -0.25) is 5.41 Å². The molecular formula is C12H26N2O. The van der Waals surface area contributed by atoms with Gasteiger partial charge < -0.3 is 10.5 Å². The minimum absolute atomic E-state index is 0.179. The molecule has 0 radical (unpaired) electrons. The lowest BCUT2D eigenvalue weighted by molar-refractivity contribution is 0.116. The molecule has 0 aliphatic carbocycles. The van der Waals surface area contributed by atoms with Gasteiger partial charge in [0.2, 0.25) is 0 Å². The summed E-state index contributed by atoms with van der Waals surface area (Å²) in [4.78, 5) is 0. The van der Waals surface area contributed by atoms with Crippen LogP contribution in [0.4, 0.5) is 0 Å². The fourth-order valence-corrected chi connectivity index (χ4v) is 1.17. The lowest BCUT2D eigenvalue weighted by atomic mass is 9.87. The van der Waals surface area contributed by atoms with E-state index in [0.29, 0.717) is 5.92 Å². The number of hydrogen-bond donors (Lipinski definition) is 2. The second kappa shape index (κ2) is 6.83. The molecule has 0 rings (SSSR count). The summed E-state index contributed by atoms with van der Waals surface area (Å²) >= 11 is 0. The molecule has 0 saturated carbocycles. The van der Waals surface area contributed by atoms with Crippen molar-refractivity contribution in [3.05, 3.63) is 0 Å². The SMILES string of the molecule is CC(C)CCOCCCC(C)(C)C(=N)N. The molecule has 0 atom stereocenters. The molecule has 0 aliphatic heterocycles. The van der Waals surface area contributed by atoms with Crippen LogP contribution in [0, 0.1) is 16.7 Å². The Morgan fingerprint density at radius 3 is 2.40 bits per heavy atom. The Balaban J connectivity index is 3.43. The van der Waals surface area contributed by atoms with Crippen molar-refractivity contribution in [2.75, 3.05) is 13.2 Å². The topological polar surface area (TPSA) is 59.1 Å². The third-order valence-corrected chi connectivity index (χ3v) is 2.66. The van der Waals surface area contributed by atoms with Gasteiger partial charge >= 0.3 is 0 Å². The van der Waals surface area contributed by atoms with Crippen molar-refractivity contribution < 1.29 is 4.74 Å². The molecule has 0 fully saturated rings. The molecule has 0 aromatic heterocycles. The summed E-state index contributed by atoms with van der Waals surface area (Å²) < 4.78 is 5.51. The van der Waals surface area contributed by atoms with Crippen LogP contribution in [0.5, 0.6) is 0 Å². The molecule has 0 spiro atoms. The molecule has 0 aromatic carbocycles. The summed E-state index contributed by atoms with van der Waals surface area (Å²) in [5.41, 5.74) is 5.31. The van der Waals surface area contributed by atoms with Gasteiger partial charge in [0.15, 0.2) is 0 Å². The van der Waals surface area contributed by atoms with Gasteiger partial charge in [0, 0.05) is 18.6 Å². The first-order valence-electron chi connectivity index (χ1n) is 5.78. The standard InChI is InChI=1S/C12H26N2O/c1-10(2)6-9-15-8-5-7-12(3,4)11(13)14/h10H,5-9H2,1-4H3,(H3,13,14). The second-order valence-electron chi connectivity index (χ2n) is 5.20. The molecular weight excluding hydrogens is 188 g/mol. The Labute approximate surface area is 93.9 Å². The summed E-state index contributed by atoms with van der Waals surface area (Å²) in [6.07, 6.45) is 3.02. The highest BCUT2D eigenvalue weighted by molar-refractivity contribution is 5.82. The maximum Gasteiger partial charge on any atom is 0.0963 e. The first-order valence-corrected chi connectivity index (χ1v) is 5.78. The van der Waals surface area contributed by atoms with Gasteiger partial charge in [0.05, 0.1) is 5.84 Å². The summed E-state index contributed by atoms with van der Waals surface area (Å²) in [5.74, 6) is 0.975. The zero-order valence-electron chi connectivity index (χ0n) is 10.6. The predicted molar refractivity (Wildman–Crippen MR) is 65.2 cm³/mol. The average molecular weight is 214 g/mol. The lowest BCUT2D eigenvalue weighted by Gasteiger charge is -2.22. The predicted octanol–water partition coefficient (Wildman–Crippen LogP) is 2.79. The van der Waals surface area contributed by atoms with Crippen LogP contribution in [-0.4, -0.2) is 19.0 Å². The van der Waals surface area contributed by atoms with Crippen LogP contribution in [0.1, 0.15) is 47.0 Å². The summed E-state index contributed by atoms with van der Waals surface area (Å²) in [6, 6.07) is 0. The molecule has 0 unspecified atom stereocenters. The monoisotopic (exact) mass is 214 g/mol. The van der Waals surface area contributed by atoms with E-state index >= 15 is 0 Å². The quantitative estimate of drug-likeness (QED) is 0.371. The average Bonchev–Trinajstić information content (AvgIpc) is 2.10. The van der Waals surface area contributed by atoms with Crippen LogP contribution in [0.15, 0.2) is 0 Å². The first-order chi connectivity index (χ1) is 6.86. The van der Waals surface area contributed by atoms with Gasteiger partial charge in [0.25, 0.3) is 0 Å². The van der Waals surface area contributed by atoms with Crippen LogP contribution in [0.25, 0.3) is 0 Å². The van der Waals surface area contributed by atoms with Gasteiger partial charge in [-0.15, -0.1) is 0 Å². The van der Waals surface area contributed by atoms with Crippen molar-refractivity contribution in [1.29, 1.82) is 5.41 Å². The van der Waals surface area contributed by atoms with Crippen molar-refractivity contribution in [2.45, 2.75) is 47.0 Å². The van der Waals surface area contributed by atoms with E-state index in [1.165, 1.54) is 0 Å². The Kier molecular flexibility index (Phi) is 6.57. The van der Waals surface area contributed by atoms with Gasteiger partial charge in [-0.05, 0) is 25.2 Å². The van der Waals surface area contributed by atoms with E-state index in [1.54, 1.807) is 0 Å². The fourth-order valence-electron chi connectivity index (χ4n) is 1.17. The lowest BCUT2D eigenvalue weighted by Crippen LogP contribution is -2.31. The first kappa shape index (κ1) is 14.4. The van der Waals surface area contributed by atoms with Crippen LogP contribution in [0.2, 0.25) is 0 Å². The highest BCUT2D eigenvalue weighted by Crippen LogP contribution is 2.21. The molecule has 15 heavy (non-hydrogen) atoms. The van der Waals surface area contributed by atoms with Crippen molar-refractivity contribution in [3.8, 4) is 0 Å². The molecule has 0 bridgehead atoms. The Morgan fingerprint density at radius 2 is 1.93 bits per heavy atom. The van der Waals surface area contributed by atoms with E-state index in [1.807, 2.05) is 13.8 Å². The summed E-state index contributed by atoms with van der Waals surface area (Å²) in [6.45, 7) is 10.0. The maximum atomic E-state index is 7.41. The third-order valence-electron chi connectivity index (χ3n) is 2.66. The molecule has 3 N–H and O–H groups in total. The summed E-state index contributed by atoms with van der Waals surface area (Å²) in [7, 11) is 0. The Hall–Kier alpha value is -0.570. The van der Waals surface area contributed by atoms with Crippen LogP contribution in [-0.2, 0) is 4.74 Å². The fraction of sp³-hybridized carbons (Fsp3) is 0.917. The van der Waals surface area contributed by atoms with E-state index in [9.17, 15) is 0 Å². The maximum absolute atomic E-state index is 7.41. The van der Waals surface area contributed by atoms with Crippen molar-refractivity contribution in [2.24, 2.45) is 17.1 Å². The molecule has 0 aliphatic rings. The van der Waals surface area contributed by atoms with Crippen LogP contribution >= 0.6 is 0 Å². The molecule has 0 amide bonds. The number of nitrogens with one attached hydrogen (secondary N) is 1. The molecule has 0 heterocycles. The molecule has 3 nitrogen and oxygen atoms in total. The van der Waals surface area contributed by atoms with Crippen LogP contribution < -0.4 is 5.73 Å². The van der Waals surface area contributed by atoms with Gasteiger partial charge in [-0.25, -0.2) is 0 Å². The van der Waals surface area contributed by atoms with Gasteiger partial charge in [-0.1, -0.05) is 27.7 Å². The highest BCUT2D eigenvalue weighted by atomic mass is 16.5. The molecule has 0 aromatic rings. The number of rotatable bonds is 8. The van der Waals surface area contributed by atoms with E-state index in [0.717, 1.165) is 32.5 Å². The zero-order valence-corrected chi connectivity index (χ0v) is 10.6. The highest BCUT2D eigenvalue weighted by Gasteiger charge is 2.20. The van der Waals surface area contributed by atoms with Crippen LogP contribution in [0.3, 0.4) is 0 Å². The third kappa shape index (κ3) is 7.37. The zero-order chi connectivity index (χ0) is 11.9. The Bertz CT molecular complexity index is 188. The Morgan fingerprint density at radius 1 is 1.33 bits per heavy atom. The van der Waals surface area contributed by atoms with Crippen molar-refractivity contribution >= 4 is 5.84 Å². The van der Waals surface area contributed by atoms with E-state index in [-0.39, 0.29) is 11.3 Å². The normalized spacial score (nSPS) is 12.1. The summed E-state index contributed by atoms with van der Waals surface area (Å²) in [5, 5.41) is 7.41. The van der Waals surface area contributed by atoms with E-state index in [4.69, 9.17) is 15.9 Å². The number of nitrogens with two attached hydrogens (primary N) is 1. The minimum Gasteiger partial charge on any atom is -0.387 e. The second-order valence-corrected chi connectivity index (χ2v) is 5.20. The van der Waals surface area contributed by atoms with Crippen molar-refractivity contribution in [1.82, 2.24) is 0 Å².